The van der Waals surface area contributed by atoms with E-state index in [1.807, 2.05) is 62.4 Å². The van der Waals surface area contributed by atoms with E-state index in [0.29, 0.717) is 5.75 Å². The van der Waals surface area contributed by atoms with E-state index < -0.39 is 5.97 Å². The van der Waals surface area contributed by atoms with E-state index in [2.05, 4.69) is 5.10 Å². The number of carbonyl (C=O) groups excluding carboxylic acids is 1. The van der Waals surface area contributed by atoms with E-state index in [9.17, 15) is 4.79 Å². The zero-order valence-corrected chi connectivity index (χ0v) is 14.5. The van der Waals surface area contributed by atoms with Crippen LogP contribution in [0.5, 0.6) is 5.75 Å². The molecule has 5 heteroatoms. The quantitative estimate of drug-likeness (QED) is 0.664. The molecule has 2 aromatic carbocycles. The topological polar surface area (TPSA) is 53.4 Å². The molecule has 0 saturated carbocycles. The molecule has 128 valence electrons. The molecule has 0 aliphatic rings. The second-order valence-corrected chi connectivity index (χ2v) is 5.83. The number of esters is 1. The predicted molar refractivity (Wildman–Crippen MR) is 95.2 cm³/mol. The van der Waals surface area contributed by atoms with E-state index >= 15 is 0 Å². The van der Waals surface area contributed by atoms with Gasteiger partial charge in [-0.05, 0) is 37.1 Å². The predicted octanol–water partition coefficient (Wildman–Crippen LogP) is 3.85. The molecular weight excluding hydrogens is 316 g/mol. The monoisotopic (exact) mass is 336 g/mol. The molecule has 25 heavy (non-hydrogen) atoms. The van der Waals surface area contributed by atoms with Gasteiger partial charge in [-0.1, -0.05) is 42.0 Å². The Kier molecular flexibility index (Phi) is 4.84. The summed E-state index contributed by atoms with van der Waals surface area (Å²) in [5, 5.41) is 4.32. The van der Waals surface area contributed by atoms with Crippen molar-refractivity contribution < 1.29 is 14.3 Å². The van der Waals surface area contributed by atoms with Gasteiger partial charge in [0.1, 0.15) is 6.61 Å². The molecule has 0 saturated heterocycles. The number of carbonyl (C=O) groups is 1. The van der Waals surface area contributed by atoms with Crippen molar-refractivity contribution in [1.29, 1.82) is 0 Å². The van der Waals surface area contributed by atoms with Crippen LogP contribution in [0, 0.1) is 13.8 Å². The molecule has 0 bridgehead atoms. The molecule has 1 heterocycles. The number of benzene rings is 2. The second kappa shape index (κ2) is 7.21. The SMILES string of the molecule is COc1cn(-c2ccccc2)nc1C(=O)OCc1cc(C)ccc1C. The minimum absolute atomic E-state index is 0.164. The van der Waals surface area contributed by atoms with Gasteiger partial charge >= 0.3 is 5.97 Å². The Morgan fingerprint density at radius 3 is 2.60 bits per heavy atom. The van der Waals surface area contributed by atoms with Crippen molar-refractivity contribution in [2.45, 2.75) is 20.5 Å². The Morgan fingerprint density at radius 2 is 1.88 bits per heavy atom. The lowest BCUT2D eigenvalue weighted by molar-refractivity contribution is 0.0461. The van der Waals surface area contributed by atoms with Gasteiger partial charge in [-0.3, -0.25) is 0 Å². The summed E-state index contributed by atoms with van der Waals surface area (Å²) < 4.78 is 12.3. The van der Waals surface area contributed by atoms with E-state index in [4.69, 9.17) is 9.47 Å². The Hall–Kier alpha value is -3.08. The van der Waals surface area contributed by atoms with Crippen LogP contribution in [0.25, 0.3) is 5.69 Å². The highest BCUT2D eigenvalue weighted by Gasteiger charge is 2.20. The first-order valence-electron chi connectivity index (χ1n) is 8.01. The van der Waals surface area contributed by atoms with Gasteiger partial charge in [0.2, 0.25) is 5.69 Å². The van der Waals surface area contributed by atoms with E-state index in [-0.39, 0.29) is 12.3 Å². The maximum atomic E-state index is 12.5. The Bertz CT molecular complexity index is 885. The normalized spacial score (nSPS) is 10.5. The minimum atomic E-state index is -0.507. The van der Waals surface area contributed by atoms with Crippen LogP contribution in [0.3, 0.4) is 0 Å². The number of hydrogen-bond donors (Lipinski definition) is 0. The maximum absolute atomic E-state index is 12.5. The van der Waals surface area contributed by atoms with Crippen molar-refractivity contribution in [3.63, 3.8) is 0 Å². The molecule has 1 aromatic heterocycles. The lowest BCUT2D eigenvalue weighted by atomic mass is 10.1. The van der Waals surface area contributed by atoms with E-state index in [1.54, 1.807) is 10.9 Å². The number of aromatic nitrogens is 2. The van der Waals surface area contributed by atoms with Crippen LogP contribution in [0.15, 0.2) is 54.7 Å². The molecule has 0 aliphatic heterocycles. The fourth-order valence-electron chi connectivity index (χ4n) is 2.53. The average Bonchev–Trinajstić information content (AvgIpc) is 3.07. The molecule has 0 unspecified atom stereocenters. The van der Waals surface area contributed by atoms with Crippen LogP contribution >= 0.6 is 0 Å². The van der Waals surface area contributed by atoms with Crippen LogP contribution in [-0.2, 0) is 11.3 Å². The molecule has 0 radical (unpaired) electrons. The molecule has 0 atom stereocenters. The zero-order chi connectivity index (χ0) is 17.8. The van der Waals surface area contributed by atoms with Gasteiger partial charge in [0, 0.05) is 0 Å². The molecule has 3 rings (SSSR count). The molecular formula is C20H20N2O3. The summed E-state index contributed by atoms with van der Waals surface area (Å²) in [5.41, 5.74) is 4.20. The Labute approximate surface area is 146 Å². The number of nitrogens with zero attached hydrogens (tertiary/aromatic N) is 2. The zero-order valence-electron chi connectivity index (χ0n) is 14.5. The first-order chi connectivity index (χ1) is 12.1. The van der Waals surface area contributed by atoms with Crippen molar-refractivity contribution in [2.24, 2.45) is 0 Å². The number of methoxy groups -OCH3 is 1. The highest BCUT2D eigenvalue weighted by molar-refractivity contribution is 5.90. The van der Waals surface area contributed by atoms with Gasteiger partial charge in [0.15, 0.2) is 5.75 Å². The lowest BCUT2D eigenvalue weighted by Gasteiger charge is -2.08. The fraction of sp³-hybridized carbons (Fsp3) is 0.200. The molecule has 0 spiro atoms. The number of hydrogen-bond acceptors (Lipinski definition) is 4. The summed E-state index contributed by atoms with van der Waals surface area (Å²) >= 11 is 0. The Morgan fingerprint density at radius 1 is 1.12 bits per heavy atom. The van der Waals surface area contributed by atoms with Gasteiger partial charge in [0.05, 0.1) is 19.0 Å². The molecule has 0 amide bonds. The summed E-state index contributed by atoms with van der Waals surface area (Å²) in [6, 6.07) is 15.6. The second-order valence-electron chi connectivity index (χ2n) is 5.83. The van der Waals surface area contributed by atoms with Crippen LogP contribution in [0.2, 0.25) is 0 Å². The highest BCUT2D eigenvalue weighted by Crippen LogP contribution is 2.21. The largest absolute Gasteiger partial charge is 0.493 e. The first kappa shape index (κ1) is 16.8. The maximum Gasteiger partial charge on any atom is 0.363 e. The average molecular weight is 336 g/mol. The third-order valence-corrected chi connectivity index (χ3v) is 3.98. The fourth-order valence-corrected chi connectivity index (χ4v) is 2.53. The number of ether oxygens (including phenoxy) is 2. The summed E-state index contributed by atoms with van der Waals surface area (Å²) in [4.78, 5) is 12.5. The van der Waals surface area contributed by atoms with Crippen molar-refractivity contribution in [3.05, 3.63) is 77.1 Å². The lowest BCUT2D eigenvalue weighted by Crippen LogP contribution is -2.09. The smallest absolute Gasteiger partial charge is 0.363 e. The van der Waals surface area contributed by atoms with E-state index in [1.165, 1.54) is 7.11 Å². The molecule has 0 N–H and O–H groups in total. The number of aryl methyl sites for hydroxylation is 2. The summed E-state index contributed by atoms with van der Waals surface area (Å²) in [6.45, 7) is 4.20. The number of para-hydroxylation sites is 1. The highest BCUT2D eigenvalue weighted by atomic mass is 16.5. The third-order valence-electron chi connectivity index (χ3n) is 3.98. The molecule has 0 aliphatic carbocycles. The molecule has 5 nitrogen and oxygen atoms in total. The summed E-state index contributed by atoms with van der Waals surface area (Å²) in [6.07, 6.45) is 1.67. The Balaban J connectivity index is 1.80. The molecule has 3 aromatic rings. The third kappa shape index (κ3) is 3.71. The standard InChI is InChI=1S/C20H20N2O3/c1-14-9-10-15(2)16(11-14)13-25-20(23)19-18(24-3)12-22(21-19)17-7-5-4-6-8-17/h4-12H,13H2,1-3H3. The van der Waals surface area contributed by atoms with Crippen molar-refractivity contribution in [2.75, 3.05) is 7.11 Å². The van der Waals surface area contributed by atoms with Gasteiger partial charge in [-0.15, -0.1) is 0 Å². The summed E-state index contributed by atoms with van der Waals surface area (Å²) in [7, 11) is 1.51. The van der Waals surface area contributed by atoms with Crippen LogP contribution in [0.4, 0.5) is 0 Å². The van der Waals surface area contributed by atoms with Gasteiger partial charge in [-0.25, -0.2) is 9.48 Å². The van der Waals surface area contributed by atoms with Crippen LogP contribution < -0.4 is 4.74 Å². The van der Waals surface area contributed by atoms with Crippen molar-refractivity contribution in [1.82, 2.24) is 9.78 Å². The minimum Gasteiger partial charge on any atom is -0.493 e. The van der Waals surface area contributed by atoms with Gasteiger partial charge < -0.3 is 9.47 Å². The van der Waals surface area contributed by atoms with Crippen molar-refractivity contribution >= 4 is 5.97 Å². The first-order valence-corrected chi connectivity index (χ1v) is 8.01. The van der Waals surface area contributed by atoms with Crippen molar-refractivity contribution in [3.8, 4) is 11.4 Å². The number of rotatable bonds is 5. The van der Waals surface area contributed by atoms with E-state index in [0.717, 1.165) is 22.4 Å². The van der Waals surface area contributed by atoms with Crippen LogP contribution in [0.1, 0.15) is 27.2 Å². The molecule has 0 fully saturated rings. The van der Waals surface area contributed by atoms with Gasteiger partial charge in [-0.2, -0.15) is 5.10 Å². The van der Waals surface area contributed by atoms with Crippen LogP contribution in [-0.4, -0.2) is 22.9 Å². The van der Waals surface area contributed by atoms with Gasteiger partial charge in [0.25, 0.3) is 0 Å². The summed E-state index contributed by atoms with van der Waals surface area (Å²) in [5.74, 6) is -0.123.